The van der Waals surface area contributed by atoms with Gasteiger partial charge < -0.3 is 14.4 Å². The molecule has 1 atom stereocenters. The van der Waals surface area contributed by atoms with Crippen LogP contribution in [0.4, 0.5) is 24.5 Å². The van der Waals surface area contributed by atoms with Crippen LogP contribution in [0.25, 0.3) is 11.1 Å². The zero-order valence-corrected chi connectivity index (χ0v) is 27.0. The number of hydrogen-bond acceptors (Lipinski definition) is 7. The first-order valence-electron chi connectivity index (χ1n) is 14.7. The average molecular weight is 646 g/mol. The topological polar surface area (TPSA) is 79.4 Å². The first-order valence-corrected chi connectivity index (χ1v) is 16.1. The van der Waals surface area contributed by atoms with E-state index in [0.717, 1.165) is 11.6 Å². The number of benzene rings is 3. The zero-order chi connectivity index (χ0) is 32.9. The monoisotopic (exact) mass is 645 g/mol. The number of ether oxygens (including phenoxy) is 2. The van der Waals surface area contributed by atoms with Gasteiger partial charge in [-0.3, -0.25) is 14.0 Å². The Morgan fingerprint density at radius 1 is 0.911 bits per heavy atom. The fourth-order valence-electron chi connectivity index (χ4n) is 5.83. The summed E-state index contributed by atoms with van der Waals surface area (Å²) in [4.78, 5) is 17.5. The molecule has 3 aromatic carbocycles. The van der Waals surface area contributed by atoms with Gasteiger partial charge in [-0.1, -0.05) is 18.2 Å². The van der Waals surface area contributed by atoms with Gasteiger partial charge in [0.1, 0.15) is 22.7 Å². The molecule has 2 aliphatic rings. The van der Waals surface area contributed by atoms with E-state index in [9.17, 15) is 26.4 Å². The number of halogens is 3. The standard InChI is InChI=1S/C33H38F3N3O5S/c1-21-8-7-9-27(14-21)45(41,42)39-20-25-19-37(33(5,6)30(40)44-32(2,3)4)12-13-38(25)28-11-10-22(17-29(28)39)23-15-24(34)18-26(16-23)43-31(35)36/h7-11,14-18,25,31H,12-13,19-20H2,1-6H3/t25-/m0/s1. The molecular weight excluding hydrogens is 607 g/mol. The molecule has 0 aliphatic carbocycles. The van der Waals surface area contributed by atoms with E-state index in [1.807, 2.05) is 52.5 Å². The highest BCUT2D eigenvalue weighted by Crippen LogP contribution is 2.43. The second-order valence-electron chi connectivity index (χ2n) is 13.0. The van der Waals surface area contributed by atoms with Crippen LogP contribution in [0.3, 0.4) is 0 Å². The second kappa shape index (κ2) is 11.9. The molecule has 5 rings (SSSR count). The highest BCUT2D eigenvalue weighted by molar-refractivity contribution is 7.92. The van der Waals surface area contributed by atoms with Crippen LogP contribution in [-0.2, 0) is 19.6 Å². The second-order valence-corrected chi connectivity index (χ2v) is 14.8. The summed E-state index contributed by atoms with van der Waals surface area (Å²) in [6, 6.07) is 14.8. The van der Waals surface area contributed by atoms with Crippen molar-refractivity contribution in [2.24, 2.45) is 0 Å². The molecule has 45 heavy (non-hydrogen) atoms. The summed E-state index contributed by atoms with van der Waals surface area (Å²) in [5, 5.41) is 0. The fraction of sp³-hybridized carbons (Fsp3) is 0.424. The zero-order valence-electron chi connectivity index (χ0n) is 26.2. The van der Waals surface area contributed by atoms with Crippen LogP contribution >= 0.6 is 0 Å². The number of esters is 1. The lowest BCUT2D eigenvalue weighted by molar-refractivity contribution is -0.168. The number of alkyl halides is 2. The molecule has 1 fully saturated rings. The number of anilines is 2. The third kappa shape index (κ3) is 6.76. The highest BCUT2D eigenvalue weighted by Gasteiger charge is 2.45. The molecule has 0 radical (unpaired) electrons. The molecular formula is C33H38F3N3O5S. The van der Waals surface area contributed by atoms with E-state index in [1.165, 1.54) is 22.5 Å². The van der Waals surface area contributed by atoms with Crippen LogP contribution in [0.15, 0.2) is 65.6 Å². The Balaban J connectivity index is 1.57. The maximum Gasteiger partial charge on any atom is 0.387 e. The smallest absolute Gasteiger partial charge is 0.387 e. The maximum absolute atomic E-state index is 14.5. The van der Waals surface area contributed by atoms with Crippen molar-refractivity contribution in [2.75, 3.05) is 35.4 Å². The molecule has 8 nitrogen and oxygen atoms in total. The predicted octanol–water partition coefficient (Wildman–Crippen LogP) is 6.22. The SMILES string of the molecule is Cc1cccc(S(=O)(=O)N2C[C@@H]3CN(C(C)(C)C(=O)OC(C)(C)C)CCN3c3ccc(-c4cc(F)cc(OC(F)F)c4)cc32)c1. The molecule has 1 saturated heterocycles. The molecule has 0 unspecified atom stereocenters. The first-order chi connectivity index (χ1) is 21.0. The van der Waals surface area contributed by atoms with Gasteiger partial charge in [0.15, 0.2) is 0 Å². The molecule has 0 aromatic heterocycles. The number of aryl methyl sites for hydroxylation is 1. The van der Waals surface area contributed by atoms with Crippen molar-refractivity contribution in [3.05, 3.63) is 72.0 Å². The van der Waals surface area contributed by atoms with Crippen molar-refractivity contribution < 1.29 is 35.9 Å². The molecule has 0 saturated carbocycles. The quantitative estimate of drug-likeness (QED) is 0.282. The van der Waals surface area contributed by atoms with Gasteiger partial charge in [-0.25, -0.2) is 12.8 Å². The Kier molecular flexibility index (Phi) is 8.60. The minimum Gasteiger partial charge on any atom is -0.459 e. The van der Waals surface area contributed by atoms with Gasteiger partial charge in [-0.15, -0.1) is 0 Å². The molecule has 3 aromatic rings. The molecule has 2 heterocycles. The molecule has 2 aliphatic heterocycles. The minimum atomic E-state index is -4.07. The third-order valence-electron chi connectivity index (χ3n) is 8.11. The molecule has 12 heteroatoms. The van der Waals surface area contributed by atoms with Crippen molar-refractivity contribution in [1.82, 2.24) is 4.90 Å². The van der Waals surface area contributed by atoms with Crippen molar-refractivity contribution in [1.29, 1.82) is 0 Å². The number of sulfonamides is 1. The van der Waals surface area contributed by atoms with Crippen LogP contribution in [0.1, 0.15) is 40.2 Å². The van der Waals surface area contributed by atoms with Gasteiger partial charge in [-0.2, -0.15) is 8.78 Å². The Hall–Kier alpha value is -3.77. The van der Waals surface area contributed by atoms with E-state index in [-0.39, 0.29) is 34.8 Å². The average Bonchev–Trinajstić information content (AvgIpc) is 2.94. The van der Waals surface area contributed by atoms with Crippen LogP contribution in [0, 0.1) is 12.7 Å². The van der Waals surface area contributed by atoms with Gasteiger partial charge in [-0.05, 0) is 94.6 Å². The minimum absolute atomic E-state index is 0.0799. The van der Waals surface area contributed by atoms with Crippen LogP contribution in [-0.4, -0.2) is 69.3 Å². The Morgan fingerprint density at radius 2 is 1.64 bits per heavy atom. The van der Waals surface area contributed by atoms with E-state index in [4.69, 9.17) is 4.74 Å². The largest absolute Gasteiger partial charge is 0.459 e. The van der Waals surface area contributed by atoms with E-state index in [0.29, 0.717) is 36.6 Å². The van der Waals surface area contributed by atoms with Crippen LogP contribution < -0.4 is 13.9 Å². The van der Waals surface area contributed by atoms with Gasteiger partial charge in [0.25, 0.3) is 10.0 Å². The maximum atomic E-state index is 14.5. The summed E-state index contributed by atoms with van der Waals surface area (Å²) in [6.45, 7) is 9.25. The number of hydrogen-bond donors (Lipinski definition) is 0. The Bertz CT molecular complexity index is 1710. The molecule has 0 bridgehead atoms. The van der Waals surface area contributed by atoms with Gasteiger partial charge in [0.05, 0.1) is 28.9 Å². The van der Waals surface area contributed by atoms with Crippen LogP contribution in [0.2, 0.25) is 0 Å². The summed E-state index contributed by atoms with van der Waals surface area (Å²) in [5.74, 6) is -1.47. The summed E-state index contributed by atoms with van der Waals surface area (Å²) >= 11 is 0. The number of carbonyl (C=O) groups is 1. The molecule has 0 spiro atoms. The number of piperazine rings is 1. The van der Waals surface area contributed by atoms with Gasteiger partial charge in [0.2, 0.25) is 0 Å². The summed E-state index contributed by atoms with van der Waals surface area (Å²) < 4.78 is 80.3. The lowest BCUT2D eigenvalue weighted by atomic mass is 9.96. The highest BCUT2D eigenvalue weighted by atomic mass is 32.2. The fourth-order valence-corrected chi connectivity index (χ4v) is 7.45. The van der Waals surface area contributed by atoms with Crippen molar-refractivity contribution in [2.45, 2.75) is 70.2 Å². The number of fused-ring (bicyclic) bond motifs is 3. The molecule has 0 N–H and O–H groups in total. The van der Waals surface area contributed by atoms with Crippen molar-refractivity contribution in [3.63, 3.8) is 0 Å². The molecule has 0 amide bonds. The lowest BCUT2D eigenvalue weighted by Crippen LogP contribution is -2.66. The summed E-state index contributed by atoms with van der Waals surface area (Å²) in [6.07, 6.45) is 0. The van der Waals surface area contributed by atoms with Gasteiger partial charge >= 0.3 is 12.6 Å². The summed E-state index contributed by atoms with van der Waals surface area (Å²) in [5.41, 5.74) is 0.876. The van der Waals surface area contributed by atoms with Gasteiger partial charge in [0, 0.05) is 25.7 Å². The lowest BCUT2D eigenvalue weighted by Gasteiger charge is -2.52. The molecule has 242 valence electrons. The predicted molar refractivity (Wildman–Crippen MR) is 167 cm³/mol. The van der Waals surface area contributed by atoms with E-state index in [2.05, 4.69) is 9.64 Å². The Morgan fingerprint density at radius 3 is 2.31 bits per heavy atom. The normalized spacial score (nSPS) is 17.6. The van der Waals surface area contributed by atoms with Crippen LogP contribution in [0.5, 0.6) is 5.75 Å². The van der Waals surface area contributed by atoms with E-state index >= 15 is 0 Å². The van der Waals surface area contributed by atoms with E-state index < -0.39 is 33.6 Å². The van der Waals surface area contributed by atoms with E-state index in [1.54, 1.807) is 30.3 Å². The number of nitrogens with zero attached hydrogens (tertiary/aromatic N) is 3. The Labute approximate surface area is 262 Å². The van der Waals surface area contributed by atoms with Crippen molar-refractivity contribution in [3.8, 4) is 16.9 Å². The number of rotatable bonds is 7. The number of carbonyl (C=O) groups excluding carboxylic acids is 1. The summed E-state index contributed by atoms with van der Waals surface area (Å²) in [7, 11) is -4.07. The third-order valence-corrected chi connectivity index (χ3v) is 9.88. The first kappa shape index (κ1) is 32.6. The van der Waals surface area contributed by atoms with Crippen molar-refractivity contribution >= 4 is 27.4 Å².